The predicted molar refractivity (Wildman–Crippen MR) is 189 cm³/mol. The molecule has 1 aliphatic carbocycles. The van der Waals surface area contributed by atoms with Gasteiger partial charge in [-0.3, -0.25) is 19.7 Å². The molecule has 3 heterocycles. The number of fused-ring (bicyclic) bond motifs is 4. The van der Waals surface area contributed by atoms with Gasteiger partial charge in [-0.15, -0.1) is 0 Å². The van der Waals surface area contributed by atoms with Crippen LogP contribution in [0.15, 0.2) is 59.7 Å². The van der Waals surface area contributed by atoms with E-state index in [-0.39, 0.29) is 61.6 Å². The average Bonchev–Trinajstić information content (AvgIpc) is 3.81. The van der Waals surface area contributed by atoms with E-state index in [2.05, 4.69) is 75.9 Å². The van der Waals surface area contributed by atoms with Gasteiger partial charge in [0.2, 0.25) is 7.38 Å². The van der Waals surface area contributed by atoms with E-state index in [9.17, 15) is 9.59 Å². The Morgan fingerprint density at radius 1 is 1.24 bits per heavy atom. The number of aromatic amines is 1. The average molecular weight is 709 g/mol. The van der Waals surface area contributed by atoms with Gasteiger partial charge in [-0.25, -0.2) is 14.4 Å². The monoisotopic (exact) mass is 708 g/mol. The van der Waals surface area contributed by atoms with E-state index in [1.54, 1.807) is 4.57 Å². The quantitative estimate of drug-likeness (QED) is 0.115. The molecular formula is C35H44N7O7P. The Bertz CT molecular complexity index is 1870. The largest absolute Gasteiger partial charge is 0.448 e. The first-order chi connectivity index (χ1) is 25.1. The zero-order valence-corrected chi connectivity index (χ0v) is 29.6. The number of carbonyl (C=O) groups is 1. The highest BCUT2D eigenvalue weighted by atomic mass is 31.2. The van der Waals surface area contributed by atoms with Crippen molar-refractivity contribution in [1.29, 1.82) is 6.69 Å². The Hall–Kier alpha value is -4.22. The van der Waals surface area contributed by atoms with Crippen molar-refractivity contribution in [2.24, 2.45) is 0 Å². The Morgan fingerprint density at radius 2 is 1.90 bits per heavy atom. The first-order valence-corrected chi connectivity index (χ1v) is 17.5. The lowest BCUT2D eigenvalue weighted by Gasteiger charge is -2.37. The van der Waals surface area contributed by atoms with Gasteiger partial charge in [0.15, 0.2) is 11.2 Å². The summed E-state index contributed by atoms with van der Waals surface area (Å²) in [5.74, 6) is -0.224. The number of hydrogen-bond acceptors (Lipinski definition) is 11. The SMILES string of the molecule is [2H]C[C@H]1O[C@@H](n2cnc3c(=O)[nH]c(NC(=O)OCC4c5ccccc5-c5ccccc54)nc32)C[C@H]1OP(OCCC#N)N(C(C)C)C(C)C.[3H]OC. The number of nitrogens with zero attached hydrogens (tertiary/aromatic N) is 5. The van der Waals surface area contributed by atoms with E-state index in [0.29, 0.717) is 6.42 Å². The number of nitrogens with one attached hydrogen (secondary N) is 2. The van der Waals surface area contributed by atoms with Crippen LogP contribution in [0.3, 0.4) is 0 Å². The van der Waals surface area contributed by atoms with Crippen molar-refractivity contribution in [3.05, 3.63) is 76.3 Å². The minimum atomic E-state index is -1.56. The number of benzene rings is 2. The molecule has 0 saturated carbocycles. The Labute approximate surface area is 295 Å². The summed E-state index contributed by atoms with van der Waals surface area (Å²) in [6, 6.07) is 18.4. The molecule has 0 radical (unpaired) electrons. The first-order valence-electron chi connectivity index (χ1n) is 17.5. The van der Waals surface area contributed by atoms with Crippen LogP contribution in [0.5, 0.6) is 0 Å². The van der Waals surface area contributed by atoms with E-state index in [0.717, 1.165) is 22.3 Å². The van der Waals surface area contributed by atoms with Crippen molar-refractivity contribution >= 4 is 31.7 Å². The van der Waals surface area contributed by atoms with Crippen LogP contribution in [0.4, 0.5) is 10.7 Å². The van der Waals surface area contributed by atoms with Gasteiger partial charge >= 0.3 is 6.09 Å². The standard InChI is InChI=1S/C34H40N7O6P.CH4O/c1-20(2)41(21(3)4)48(45-16-10-15-35)47-28-17-29(46-22(28)5)40-19-36-30-31(40)37-33(38-32(30)42)39-34(43)44-18-27-25-13-8-6-11-23(25)24-12-7-9-14-26(24)27;1-2/h6-9,11-14,19-22,27-29H,10,16-18H2,1-5H3,(H2,37,38,39,42,43);2H,1H3/t22-,28-,29-,48?;/m1./s1/i5D;2T. The van der Waals surface area contributed by atoms with Gasteiger partial charge in [-0.05, 0) is 56.8 Å². The summed E-state index contributed by atoms with van der Waals surface area (Å²) < 4.78 is 42.1. The van der Waals surface area contributed by atoms with Crippen LogP contribution >= 0.6 is 8.53 Å². The molecule has 266 valence electrons. The fraction of sp³-hybridized carbons (Fsp3) is 0.457. The number of amides is 1. The summed E-state index contributed by atoms with van der Waals surface area (Å²) in [5, 5.41) is 15.1. The molecule has 1 saturated heterocycles. The highest BCUT2D eigenvalue weighted by Crippen LogP contribution is 2.50. The van der Waals surface area contributed by atoms with Crippen LogP contribution in [-0.2, 0) is 18.5 Å². The third kappa shape index (κ3) is 7.89. The van der Waals surface area contributed by atoms with Gasteiger partial charge in [-0.1, -0.05) is 48.5 Å². The zero-order chi connectivity index (χ0) is 37.4. The number of imidazole rings is 1. The lowest BCUT2D eigenvalue weighted by atomic mass is 9.98. The minimum absolute atomic E-state index is 0.0683. The smallest absolute Gasteiger partial charge is 0.414 e. The summed E-state index contributed by atoms with van der Waals surface area (Å²) >= 11 is 0. The van der Waals surface area contributed by atoms with Crippen molar-refractivity contribution in [2.45, 2.75) is 83.9 Å². The molecule has 0 bridgehead atoms. The molecule has 2 aliphatic rings. The van der Waals surface area contributed by atoms with Crippen molar-refractivity contribution < 1.29 is 29.8 Å². The number of hydrogen-bond donors (Lipinski definition) is 3. The maximum Gasteiger partial charge on any atom is 0.414 e. The van der Waals surface area contributed by atoms with Crippen molar-refractivity contribution in [3.8, 4) is 17.2 Å². The number of ether oxygens (including phenoxy) is 2. The van der Waals surface area contributed by atoms with Crippen molar-refractivity contribution in [3.63, 3.8) is 0 Å². The molecule has 3 N–H and O–H groups in total. The van der Waals surface area contributed by atoms with Gasteiger partial charge in [0, 0.05) is 32.9 Å². The Kier molecular flexibility index (Phi) is 11.4. The molecule has 1 amide bonds. The lowest BCUT2D eigenvalue weighted by molar-refractivity contribution is -0.00493. The van der Waals surface area contributed by atoms with E-state index in [1.807, 2.05) is 36.4 Å². The summed E-state index contributed by atoms with van der Waals surface area (Å²) in [6.45, 7) is 8.47. The van der Waals surface area contributed by atoms with Crippen LogP contribution in [0, 0.1) is 11.3 Å². The third-order valence-corrected chi connectivity index (χ3v) is 10.5. The summed E-state index contributed by atoms with van der Waals surface area (Å²) in [4.78, 5) is 37.3. The summed E-state index contributed by atoms with van der Waals surface area (Å²) in [7, 11) is -0.272. The van der Waals surface area contributed by atoms with Crippen LogP contribution in [0.25, 0.3) is 22.3 Å². The Morgan fingerprint density at radius 3 is 2.52 bits per heavy atom. The van der Waals surface area contributed by atoms with Crippen LogP contribution in [0.2, 0.25) is 0 Å². The number of rotatable bonds is 12. The number of aliphatic hydroxyl groups is 1. The molecule has 2 aromatic carbocycles. The second-order valence-electron chi connectivity index (χ2n) is 12.2. The maximum absolute atomic E-state index is 13.0. The normalized spacial score (nSPS) is 19.4. The molecule has 50 heavy (non-hydrogen) atoms. The van der Waals surface area contributed by atoms with Gasteiger partial charge in [-0.2, -0.15) is 10.2 Å². The van der Waals surface area contributed by atoms with Crippen molar-refractivity contribution in [1.82, 2.24) is 24.2 Å². The number of carbonyl (C=O) groups excluding carboxylic acids is 1. The van der Waals surface area contributed by atoms with Crippen molar-refractivity contribution in [2.75, 3.05) is 25.6 Å². The number of aliphatic hydroxyl groups excluding tert-OH is 1. The second-order valence-corrected chi connectivity index (χ2v) is 13.7. The third-order valence-electron chi connectivity index (χ3n) is 8.38. The van der Waals surface area contributed by atoms with E-state index >= 15 is 0 Å². The topological polar surface area (TPSA) is 177 Å². The van der Waals surface area contributed by atoms with E-state index in [1.165, 1.54) is 13.4 Å². The molecule has 4 aromatic rings. The predicted octanol–water partition coefficient (Wildman–Crippen LogP) is 6.06. The number of nitriles is 1. The fourth-order valence-electron chi connectivity index (χ4n) is 6.32. The van der Waals surface area contributed by atoms with Crippen LogP contribution in [-0.4, -0.2) is 81.4 Å². The number of anilines is 1. The second kappa shape index (κ2) is 16.7. The molecule has 4 atom stereocenters. The molecule has 14 nitrogen and oxygen atoms in total. The number of aromatic nitrogens is 4. The summed E-state index contributed by atoms with van der Waals surface area (Å²) in [5.41, 5.74) is 4.13. The van der Waals surface area contributed by atoms with E-state index < -0.39 is 38.6 Å². The van der Waals surface area contributed by atoms with Gasteiger partial charge < -0.3 is 23.6 Å². The van der Waals surface area contributed by atoms with Crippen LogP contribution < -0.4 is 10.9 Å². The maximum atomic E-state index is 13.0. The molecule has 1 fully saturated rings. The number of H-pyrrole nitrogens is 1. The highest BCUT2D eigenvalue weighted by molar-refractivity contribution is 7.44. The minimum Gasteiger partial charge on any atom is -0.448 e. The summed E-state index contributed by atoms with van der Waals surface area (Å²) in [6.07, 6.45) is -0.487. The molecule has 6 rings (SSSR count). The zero-order valence-electron chi connectivity index (χ0n) is 30.7. The molecule has 0 spiro atoms. The fourth-order valence-corrected chi connectivity index (χ4v) is 8.08. The molecular weight excluding hydrogens is 661 g/mol. The molecule has 2 aromatic heterocycles. The first kappa shape index (κ1) is 34.2. The molecule has 1 aliphatic heterocycles. The Balaban J connectivity index is 0.00000168. The molecule has 1 unspecified atom stereocenters. The van der Waals surface area contributed by atoms with Gasteiger partial charge in [0.25, 0.3) is 14.1 Å². The van der Waals surface area contributed by atoms with Crippen LogP contribution in [0.1, 0.15) is 72.1 Å². The lowest BCUT2D eigenvalue weighted by Crippen LogP contribution is -2.35. The van der Waals surface area contributed by atoms with E-state index in [4.69, 9.17) is 26.6 Å². The van der Waals surface area contributed by atoms with Gasteiger partial charge in [0.05, 0.1) is 37.6 Å². The molecule has 15 heteroatoms. The van der Waals surface area contributed by atoms with Gasteiger partial charge in [0.1, 0.15) is 12.8 Å². The highest BCUT2D eigenvalue weighted by Gasteiger charge is 2.40.